The van der Waals surface area contributed by atoms with Gasteiger partial charge in [0.2, 0.25) is 0 Å². The Morgan fingerprint density at radius 1 is 0.962 bits per heavy atom. The molecule has 9 heteroatoms. The van der Waals surface area contributed by atoms with Crippen molar-refractivity contribution in [2.75, 3.05) is 33.2 Å². The molecule has 0 aliphatic carbocycles. The van der Waals surface area contributed by atoms with Crippen molar-refractivity contribution in [3.63, 3.8) is 0 Å². The molecule has 146 valence electrons. The zero-order valence-corrected chi connectivity index (χ0v) is 14.5. The lowest BCUT2D eigenvalue weighted by molar-refractivity contribution is -0.162. The van der Waals surface area contributed by atoms with E-state index >= 15 is 0 Å². The van der Waals surface area contributed by atoms with Gasteiger partial charge in [-0.05, 0) is 31.5 Å². The fraction of sp³-hybridized carbons (Fsp3) is 0.529. The lowest BCUT2D eigenvalue weighted by Gasteiger charge is -2.44. The lowest BCUT2D eigenvalue weighted by atomic mass is 9.67. The van der Waals surface area contributed by atoms with Gasteiger partial charge in [0, 0.05) is 0 Å². The number of benzene rings is 1. The maximum Gasteiger partial charge on any atom is 0.408 e. The van der Waals surface area contributed by atoms with Crippen molar-refractivity contribution in [3.8, 4) is 0 Å². The van der Waals surface area contributed by atoms with Crippen LogP contribution in [0.2, 0.25) is 0 Å². The highest BCUT2D eigenvalue weighted by molar-refractivity contribution is 5.88. The first-order valence-electron chi connectivity index (χ1n) is 7.93. The Bertz CT molecular complexity index is 599. The van der Waals surface area contributed by atoms with Crippen molar-refractivity contribution in [1.29, 1.82) is 0 Å². The van der Waals surface area contributed by atoms with Crippen molar-refractivity contribution >= 4 is 12.1 Å². The van der Waals surface area contributed by atoms with E-state index in [0.717, 1.165) is 24.3 Å². The predicted molar refractivity (Wildman–Crippen MR) is 85.2 cm³/mol. The van der Waals surface area contributed by atoms with E-state index in [1.54, 1.807) is 0 Å². The van der Waals surface area contributed by atoms with Gasteiger partial charge in [-0.15, -0.1) is 0 Å². The molecule has 0 aliphatic heterocycles. The minimum absolute atomic E-state index is 0.109. The summed E-state index contributed by atoms with van der Waals surface area (Å²) in [6, 6.07) is 3.87. The molecule has 0 fully saturated rings. The molecule has 0 saturated heterocycles. The van der Waals surface area contributed by atoms with Crippen LogP contribution in [-0.2, 0) is 19.8 Å². The second-order valence-electron chi connectivity index (χ2n) is 5.50. The van der Waals surface area contributed by atoms with Gasteiger partial charge in [0.15, 0.2) is 5.54 Å². The monoisotopic (exact) mass is 379 g/mol. The Hall–Kier alpha value is -2.32. The van der Waals surface area contributed by atoms with E-state index in [1.807, 2.05) is 0 Å². The van der Waals surface area contributed by atoms with Crippen molar-refractivity contribution in [3.05, 3.63) is 35.6 Å². The zero-order chi connectivity index (χ0) is 19.8. The van der Waals surface area contributed by atoms with Crippen LogP contribution >= 0.6 is 0 Å². The average Bonchev–Trinajstić information content (AvgIpc) is 2.63. The van der Waals surface area contributed by atoms with E-state index in [9.17, 15) is 27.2 Å². The van der Waals surface area contributed by atoms with Gasteiger partial charge < -0.3 is 14.8 Å². The third kappa shape index (κ3) is 3.91. The summed E-state index contributed by atoms with van der Waals surface area (Å²) >= 11 is 0. The van der Waals surface area contributed by atoms with Crippen molar-refractivity contribution in [2.45, 2.75) is 19.4 Å². The molecule has 1 unspecified atom stereocenters. The Morgan fingerprint density at radius 2 is 1.46 bits per heavy atom. The normalized spacial score (nSPS) is 13.6. The second kappa shape index (κ2) is 9.40. The number of halogens is 4. The van der Waals surface area contributed by atoms with Crippen LogP contribution in [0.4, 0.5) is 22.4 Å². The topological polar surface area (TPSA) is 64.6 Å². The summed E-state index contributed by atoms with van der Waals surface area (Å²) in [5.41, 5.74) is -5.45. The van der Waals surface area contributed by atoms with Crippen LogP contribution in [0.15, 0.2) is 24.3 Å². The van der Waals surface area contributed by atoms with Gasteiger partial charge in [0.05, 0.1) is 18.6 Å². The van der Waals surface area contributed by atoms with E-state index in [2.05, 4.69) is 5.32 Å². The van der Waals surface area contributed by atoms with Crippen LogP contribution in [0.5, 0.6) is 0 Å². The van der Waals surface area contributed by atoms with E-state index < -0.39 is 48.9 Å². The number of alkyl carbamates (subject to hydrolysis) is 1. The molecule has 26 heavy (non-hydrogen) atoms. The van der Waals surface area contributed by atoms with Crippen LogP contribution < -0.4 is 5.32 Å². The molecule has 0 spiro atoms. The number of hydrogen-bond donors (Lipinski definition) is 1. The summed E-state index contributed by atoms with van der Waals surface area (Å²) in [4.78, 5) is 24.7. The number of amides is 1. The van der Waals surface area contributed by atoms with Gasteiger partial charge in [-0.25, -0.2) is 14.0 Å². The number of alkyl halides is 3. The van der Waals surface area contributed by atoms with Crippen LogP contribution in [0.25, 0.3) is 0 Å². The van der Waals surface area contributed by atoms with E-state index in [-0.39, 0.29) is 18.8 Å². The molecule has 1 aromatic carbocycles. The maximum atomic E-state index is 13.9. The molecule has 0 heterocycles. The minimum atomic E-state index is -2.62. The number of nitrogens with one attached hydrogen (secondary N) is 1. The van der Waals surface area contributed by atoms with E-state index in [4.69, 9.17) is 9.47 Å². The molecule has 5 nitrogen and oxygen atoms in total. The molecule has 1 aromatic rings. The Labute approximate surface area is 148 Å². The minimum Gasteiger partial charge on any atom is -0.464 e. The number of esters is 1. The molecule has 1 amide bonds. The zero-order valence-electron chi connectivity index (χ0n) is 14.5. The summed E-state index contributed by atoms with van der Waals surface area (Å²) in [6.07, 6.45) is -1.20. The molecular formula is C17H21F4NO4. The van der Waals surface area contributed by atoms with E-state index in [1.165, 1.54) is 13.8 Å². The van der Waals surface area contributed by atoms with Gasteiger partial charge >= 0.3 is 12.1 Å². The maximum absolute atomic E-state index is 13.9. The third-order valence-electron chi connectivity index (χ3n) is 3.99. The second-order valence-corrected chi connectivity index (χ2v) is 5.50. The predicted octanol–water partition coefficient (Wildman–Crippen LogP) is 3.23. The number of rotatable bonds is 9. The smallest absolute Gasteiger partial charge is 0.408 e. The fourth-order valence-corrected chi connectivity index (χ4v) is 2.56. The number of hydrogen-bond acceptors (Lipinski definition) is 4. The first-order chi connectivity index (χ1) is 12.4. The molecular weight excluding hydrogens is 358 g/mol. The van der Waals surface area contributed by atoms with Gasteiger partial charge in [-0.1, -0.05) is 12.1 Å². The van der Waals surface area contributed by atoms with Gasteiger partial charge in [0.1, 0.15) is 25.8 Å². The summed E-state index contributed by atoms with van der Waals surface area (Å²) in [6.45, 7) is -2.32. The fourth-order valence-electron chi connectivity index (χ4n) is 2.56. The van der Waals surface area contributed by atoms with Gasteiger partial charge in [-0.2, -0.15) is 0 Å². The molecule has 1 N–H and O–H groups in total. The van der Waals surface area contributed by atoms with Crippen LogP contribution in [0.3, 0.4) is 0 Å². The van der Waals surface area contributed by atoms with Crippen molar-refractivity contribution in [1.82, 2.24) is 5.32 Å². The standard InChI is InChI=1S/C17H21F4NO4/c1-3-25-14(23)17(22-15(24)26-4-2,16(9-18,10-19)11-20)12-5-7-13(21)8-6-12/h5-8H,3-4,9-11H2,1-2H3,(H,22,24). The quantitative estimate of drug-likeness (QED) is 0.529. The highest BCUT2D eigenvalue weighted by atomic mass is 19.2. The largest absolute Gasteiger partial charge is 0.464 e. The van der Waals surface area contributed by atoms with Crippen LogP contribution in [-0.4, -0.2) is 45.3 Å². The highest BCUT2D eigenvalue weighted by Gasteiger charge is 2.61. The van der Waals surface area contributed by atoms with Crippen molar-refractivity contribution < 1.29 is 36.6 Å². The Balaban J connectivity index is 3.73. The van der Waals surface area contributed by atoms with E-state index in [0.29, 0.717) is 0 Å². The summed E-state index contributed by atoms with van der Waals surface area (Å²) < 4.78 is 64.4. The molecule has 1 rings (SSSR count). The van der Waals surface area contributed by atoms with Crippen LogP contribution in [0, 0.1) is 11.2 Å². The van der Waals surface area contributed by atoms with Gasteiger partial charge in [0.25, 0.3) is 0 Å². The summed E-state index contributed by atoms with van der Waals surface area (Å²) in [5.74, 6) is -1.98. The molecule has 0 bridgehead atoms. The molecule has 1 atom stereocenters. The molecule has 0 radical (unpaired) electrons. The SMILES string of the molecule is CCOC(=O)NC(C(=O)OCC)(c1ccc(F)cc1)C(CF)(CF)CF. The van der Waals surface area contributed by atoms with Gasteiger partial charge in [-0.3, -0.25) is 13.2 Å². The van der Waals surface area contributed by atoms with Crippen LogP contribution in [0.1, 0.15) is 19.4 Å². The number of carbonyl (C=O) groups is 2. The first kappa shape index (κ1) is 21.7. The third-order valence-corrected chi connectivity index (χ3v) is 3.99. The molecule has 0 aliphatic rings. The average molecular weight is 379 g/mol. The Kier molecular flexibility index (Phi) is 7.85. The van der Waals surface area contributed by atoms with Crippen molar-refractivity contribution in [2.24, 2.45) is 5.41 Å². The number of carbonyl (C=O) groups excluding carboxylic acids is 2. The number of ether oxygens (including phenoxy) is 2. The summed E-state index contributed by atoms with van der Waals surface area (Å²) in [5, 5.41) is 2.07. The summed E-state index contributed by atoms with van der Waals surface area (Å²) in [7, 11) is 0. The highest BCUT2D eigenvalue weighted by Crippen LogP contribution is 2.43. The first-order valence-corrected chi connectivity index (χ1v) is 7.93. The lowest BCUT2D eigenvalue weighted by Crippen LogP contribution is -2.65. The Morgan fingerprint density at radius 3 is 1.88 bits per heavy atom. The molecule has 0 aromatic heterocycles. The molecule has 0 saturated carbocycles.